The van der Waals surface area contributed by atoms with E-state index >= 15 is 0 Å². The fourth-order valence-electron chi connectivity index (χ4n) is 1.39. The molecular weight excluding hydrogens is 182 g/mol. The number of hydrogen-bond acceptors (Lipinski definition) is 4. The Kier molecular flexibility index (Phi) is 6.33. The third kappa shape index (κ3) is 5.18. The molecule has 1 saturated heterocycles. The molecule has 0 spiro atoms. The first kappa shape index (κ1) is 11.4. The summed E-state index contributed by atoms with van der Waals surface area (Å²) >= 11 is 0. The Labute approximate surface area is 84.8 Å². The van der Waals surface area contributed by atoms with Gasteiger partial charge < -0.3 is 14.2 Å². The van der Waals surface area contributed by atoms with E-state index in [-0.39, 0.29) is 12.7 Å². The van der Waals surface area contributed by atoms with E-state index in [1.807, 2.05) is 6.07 Å². The first-order valence-electron chi connectivity index (χ1n) is 5.07. The van der Waals surface area contributed by atoms with Crippen LogP contribution in [-0.4, -0.2) is 39.1 Å². The van der Waals surface area contributed by atoms with Crippen LogP contribution in [0.15, 0.2) is 0 Å². The zero-order valence-corrected chi connectivity index (χ0v) is 8.41. The van der Waals surface area contributed by atoms with Crippen molar-refractivity contribution in [3.63, 3.8) is 0 Å². The van der Waals surface area contributed by atoms with Gasteiger partial charge in [0.2, 0.25) is 0 Å². The van der Waals surface area contributed by atoms with Crippen molar-refractivity contribution >= 4 is 0 Å². The normalized spacial score (nSPS) is 21.8. The van der Waals surface area contributed by atoms with E-state index in [4.69, 9.17) is 19.5 Å². The summed E-state index contributed by atoms with van der Waals surface area (Å²) in [5.41, 5.74) is 0. The van der Waals surface area contributed by atoms with Crippen molar-refractivity contribution in [3.8, 4) is 6.07 Å². The van der Waals surface area contributed by atoms with Gasteiger partial charge in [0, 0.05) is 6.61 Å². The Morgan fingerprint density at radius 1 is 1.29 bits per heavy atom. The van der Waals surface area contributed by atoms with Gasteiger partial charge in [-0.3, -0.25) is 0 Å². The molecule has 1 heterocycles. The summed E-state index contributed by atoms with van der Waals surface area (Å²) in [5, 5.41) is 8.19. The maximum Gasteiger partial charge on any atom is 0.133 e. The summed E-state index contributed by atoms with van der Waals surface area (Å²) in [4.78, 5) is 0. The summed E-state index contributed by atoms with van der Waals surface area (Å²) in [7, 11) is 0. The third-order valence-electron chi connectivity index (χ3n) is 2.12. The van der Waals surface area contributed by atoms with E-state index in [0.29, 0.717) is 19.8 Å². The SMILES string of the molecule is N#CCOCCOCC1CCCCO1. The molecule has 80 valence electrons. The zero-order valence-electron chi connectivity index (χ0n) is 8.41. The molecule has 0 bridgehead atoms. The van der Waals surface area contributed by atoms with Crippen LogP contribution in [-0.2, 0) is 14.2 Å². The summed E-state index contributed by atoms with van der Waals surface area (Å²) in [5.74, 6) is 0. The molecule has 0 saturated carbocycles. The predicted octanol–water partition coefficient (Wildman–Crippen LogP) is 1.11. The van der Waals surface area contributed by atoms with Gasteiger partial charge in [-0.1, -0.05) is 0 Å². The van der Waals surface area contributed by atoms with Crippen molar-refractivity contribution in [2.45, 2.75) is 25.4 Å². The second kappa shape index (κ2) is 7.74. The maximum atomic E-state index is 8.19. The van der Waals surface area contributed by atoms with Gasteiger partial charge in [-0.15, -0.1) is 0 Å². The van der Waals surface area contributed by atoms with Crippen LogP contribution >= 0.6 is 0 Å². The minimum Gasteiger partial charge on any atom is -0.376 e. The lowest BCUT2D eigenvalue weighted by Crippen LogP contribution is -2.25. The largest absolute Gasteiger partial charge is 0.376 e. The summed E-state index contributed by atoms with van der Waals surface area (Å²) in [6.07, 6.45) is 3.76. The molecule has 0 aromatic heterocycles. The van der Waals surface area contributed by atoms with Gasteiger partial charge in [0.25, 0.3) is 0 Å². The van der Waals surface area contributed by atoms with Gasteiger partial charge in [-0.25, -0.2) is 0 Å². The molecule has 1 aliphatic rings. The summed E-state index contributed by atoms with van der Waals surface area (Å²) < 4.78 is 15.8. The quantitative estimate of drug-likeness (QED) is 0.601. The molecule has 0 aromatic carbocycles. The fraction of sp³-hybridized carbons (Fsp3) is 0.900. The molecular formula is C10H17NO3. The standard InChI is InChI=1S/C10H17NO3/c11-4-6-12-7-8-13-9-10-3-1-2-5-14-10/h10H,1-3,5-9H2. The topological polar surface area (TPSA) is 51.5 Å². The van der Waals surface area contributed by atoms with E-state index in [1.54, 1.807) is 0 Å². The minimum atomic E-state index is 0.142. The van der Waals surface area contributed by atoms with Crippen LogP contribution in [0.5, 0.6) is 0 Å². The molecule has 1 atom stereocenters. The van der Waals surface area contributed by atoms with Crippen LogP contribution in [0.3, 0.4) is 0 Å². The van der Waals surface area contributed by atoms with Crippen molar-refractivity contribution < 1.29 is 14.2 Å². The summed E-state index contributed by atoms with van der Waals surface area (Å²) in [6, 6.07) is 1.91. The number of nitriles is 1. The predicted molar refractivity (Wildman–Crippen MR) is 50.8 cm³/mol. The van der Waals surface area contributed by atoms with E-state index in [0.717, 1.165) is 13.0 Å². The molecule has 0 aliphatic carbocycles. The number of ether oxygens (including phenoxy) is 3. The van der Waals surface area contributed by atoms with Gasteiger partial charge in [0.15, 0.2) is 0 Å². The lowest BCUT2D eigenvalue weighted by atomic mass is 10.1. The number of hydrogen-bond donors (Lipinski definition) is 0. The highest BCUT2D eigenvalue weighted by atomic mass is 16.5. The van der Waals surface area contributed by atoms with Gasteiger partial charge in [0.1, 0.15) is 6.61 Å². The van der Waals surface area contributed by atoms with E-state index in [9.17, 15) is 0 Å². The van der Waals surface area contributed by atoms with Crippen LogP contribution in [0.25, 0.3) is 0 Å². The monoisotopic (exact) mass is 199 g/mol. The van der Waals surface area contributed by atoms with Crippen molar-refractivity contribution in [2.75, 3.05) is 33.0 Å². The first-order valence-corrected chi connectivity index (χ1v) is 5.07. The minimum absolute atomic E-state index is 0.142. The smallest absolute Gasteiger partial charge is 0.133 e. The van der Waals surface area contributed by atoms with Crippen LogP contribution < -0.4 is 0 Å². The second-order valence-corrected chi connectivity index (χ2v) is 3.27. The molecule has 1 rings (SSSR count). The Morgan fingerprint density at radius 3 is 2.86 bits per heavy atom. The molecule has 4 heteroatoms. The average molecular weight is 199 g/mol. The molecule has 0 amide bonds. The molecule has 0 aromatic rings. The van der Waals surface area contributed by atoms with Crippen LogP contribution in [0.4, 0.5) is 0 Å². The molecule has 14 heavy (non-hydrogen) atoms. The zero-order chi connectivity index (χ0) is 10.1. The molecule has 4 nitrogen and oxygen atoms in total. The van der Waals surface area contributed by atoms with E-state index in [2.05, 4.69) is 0 Å². The maximum absolute atomic E-state index is 8.19. The Morgan fingerprint density at radius 2 is 2.14 bits per heavy atom. The van der Waals surface area contributed by atoms with Gasteiger partial charge >= 0.3 is 0 Å². The Balaban J connectivity index is 1.85. The van der Waals surface area contributed by atoms with Crippen molar-refractivity contribution in [1.82, 2.24) is 0 Å². The lowest BCUT2D eigenvalue weighted by Gasteiger charge is -2.22. The molecule has 0 N–H and O–H groups in total. The Hall–Kier alpha value is -0.630. The van der Waals surface area contributed by atoms with E-state index < -0.39 is 0 Å². The molecule has 1 fully saturated rings. The number of rotatable bonds is 6. The van der Waals surface area contributed by atoms with Crippen LogP contribution in [0.2, 0.25) is 0 Å². The summed E-state index contributed by atoms with van der Waals surface area (Å²) in [6.45, 7) is 2.68. The second-order valence-electron chi connectivity index (χ2n) is 3.27. The van der Waals surface area contributed by atoms with Crippen molar-refractivity contribution in [2.24, 2.45) is 0 Å². The van der Waals surface area contributed by atoms with Crippen LogP contribution in [0, 0.1) is 11.3 Å². The van der Waals surface area contributed by atoms with E-state index in [1.165, 1.54) is 12.8 Å². The highest BCUT2D eigenvalue weighted by molar-refractivity contribution is 4.66. The molecule has 1 aliphatic heterocycles. The highest BCUT2D eigenvalue weighted by Gasteiger charge is 2.13. The Bertz CT molecular complexity index is 173. The fourth-order valence-corrected chi connectivity index (χ4v) is 1.39. The van der Waals surface area contributed by atoms with Crippen molar-refractivity contribution in [3.05, 3.63) is 0 Å². The first-order chi connectivity index (χ1) is 6.93. The van der Waals surface area contributed by atoms with Crippen LogP contribution in [0.1, 0.15) is 19.3 Å². The lowest BCUT2D eigenvalue weighted by molar-refractivity contribution is -0.0492. The third-order valence-corrected chi connectivity index (χ3v) is 2.12. The average Bonchev–Trinajstić information content (AvgIpc) is 2.25. The van der Waals surface area contributed by atoms with Gasteiger partial charge in [-0.2, -0.15) is 5.26 Å². The molecule has 1 unspecified atom stereocenters. The van der Waals surface area contributed by atoms with Gasteiger partial charge in [0.05, 0.1) is 32.0 Å². The van der Waals surface area contributed by atoms with Crippen molar-refractivity contribution in [1.29, 1.82) is 5.26 Å². The number of nitrogens with zero attached hydrogens (tertiary/aromatic N) is 1. The highest BCUT2D eigenvalue weighted by Crippen LogP contribution is 2.12. The molecule has 0 radical (unpaired) electrons. The van der Waals surface area contributed by atoms with Gasteiger partial charge in [-0.05, 0) is 19.3 Å².